The van der Waals surface area contributed by atoms with E-state index in [0.717, 1.165) is 11.6 Å². The van der Waals surface area contributed by atoms with Crippen molar-refractivity contribution in [1.29, 1.82) is 0 Å². The molecule has 6 rings (SSSR count). The molecule has 0 bridgehead atoms. The Kier molecular flexibility index (Phi) is 10.6. The normalized spacial score (nSPS) is 12.5. The van der Waals surface area contributed by atoms with Crippen molar-refractivity contribution in [1.82, 2.24) is 4.90 Å². The van der Waals surface area contributed by atoms with Crippen LogP contribution in [0.4, 0.5) is 0 Å². The van der Waals surface area contributed by atoms with E-state index in [-0.39, 0.29) is 42.3 Å². The molecule has 0 saturated heterocycles. The predicted molar refractivity (Wildman–Crippen MR) is 193 cm³/mol. The van der Waals surface area contributed by atoms with E-state index in [9.17, 15) is 26.4 Å². The van der Waals surface area contributed by atoms with Gasteiger partial charge in [0.25, 0.3) is 5.91 Å². The lowest BCUT2D eigenvalue weighted by Gasteiger charge is -2.23. The molecular formula is C39H35NO10S2. The van der Waals surface area contributed by atoms with Gasteiger partial charge in [-0.05, 0) is 40.8 Å². The van der Waals surface area contributed by atoms with Crippen LogP contribution < -0.4 is 13.1 Å². The molecule has 0 aliphatic carbocycles. The standard InChI is InChI=1S/C39H35NO10S2/c1-27-34(49-51(43,44)25-29-15-8-4-9-16-29)21-35(50-52(45,46)26-30-17-10-5-11-18-30)36(37(27)48-24-28-13-6-3-7-14-28)38(41)40-22-31-19-12-20-32(33(31)23-40)39(42)47-2/h3-21H,22-26H2,1-2H3. The van der Waals surface area contributed by atoms with E-state index in [1.807, 2.05) is 6.07 Å². The second-order valence-electron chi connectivity index (χ2n) is 12.1. The maximum absolute atomic E-state index is 14.6. The number of benzene rings is 5. The van der Waals surface area contributed by atoms with Gasteiger partial charge in [-0.15, -0.1) is 0 Å². The minimum absolute atomic E-state index is 0.00345. The predicted octanol–water partition coefficient (Wildman–Crippen LogP) is 6.33. The largest absolute Gasteiger partial charge is 0.487 e. The number of hydrogen-bond donors (Lipinski definition) is 0. The Hall–Kier alpha value is -5.66. The molecule has 0 saturated carbocycles. The van der Waals surface area contributed by atoms with Gasteiger partial charge in [0.15, 0.2) is 11.5 Å². The molecule has 52 heavy (non-hydrogen) atoms. The first kappa shape index (κ1) is 36.1. The lowest BCUT2D eigenvalue weighted by atomic mass is 10.0. The van der Waals surface area contributed by atoms with Gasteiger partial charge in [0.2, 0.25) is 0 Å². The van der Waals surface area contributed by atoms with Gasteiger partial charge in [-0.1, -0.05) is 103 Å². The van der Waals surface area contributed by atoms with Gasteiger partial charge >= 0.3 is 26.2 Å². The number of ether oxygens (including phenoxy) is 2. The molecule has 11 nitrogen and oxygen atoms in total. The van der Waals surface area contributed by atoms with Crippen molar-refractivity contribution in [2.24, 2.45) is 0 Å². The first-order valence-corrected chi connectivity index (χ1v) is 19.3. The van der Waals surface area contributed by atoms with Crippen LogP contribution in [0.1, 0.15) is 54.1 Å². The molecule has 1 aliphatic rings. The molecule has 0 unspecified atom stereocenters. The van der Waals surface area contributed by atoms with Gasteiger partial charge in [0, 0.05) is 24.7 Å². The fraction of sp³-hybridized carbons (Fsp3) is 0.179. The summed E-state index contributed by atoms with van der Waals surface area (Å²) in [7, 11) is -7.48. The van der Waals surface area contributed by atoms with Gasteiger partial charge in [0.05, 0.1) is 12.7 Å². The Morgan fingerprint density at radius 3 is 1.77 bits per heavy atom. The second-order valence-corrected chi connectivity index (χ2v) is 15.3. The summed E-state index contributed by atoms with van der Waals surface area (Å²) in [6.45, 7) is 1.53. The third kappa shape index (κ3) is 8.44. The van der Waals surface area contributed by atoms with Gasteiger partial charge in [-0.3, -0.25) is 4.79 Å². The molecule has 1 aliphatic heterocycles. The molecule has 13 heteroatoms. The highest BCUT2D eigenvalue weighted by molar-refractivity contribution is 7.86. The third-order valence-electron chi connectivity index (χ3n) is 8.37. The Labute approximate surface area is 302 Å². The molecule has 0 aromatic heterocycles. The third-order valence-corrected chi connectivity index (χ3v) is 10.6. The van der Waals surface area contributed by atoms with Crippen molar-refractivity contribution >= 4 is 32.1 Å². The smallest absolute Gasteiger partial charge is 0.338 e. The number of fused-ring (bicyclic) bond motifs is 1. The highest BCUT2D eigenvalue weighted by atomic mass is 32.2. The molecule has 0 fully saturated rings. The summed E-state index contributed by atoms with van der Waals surface area (Å²) in [4.78, 5) is 28.6. The highest BCUT2D eigenvalue weighted by Gasteiger charge is 2.35. The van der Waals surface area contributed by atoms with Crippen LogP contribution in [0, 0.1) is 6.92 Å². The van der Waals surface area contributed by atoms with Crippen molar-refractivity contribution in [2.75, 3.05) is 7.11 Å². The number of rotatable bonds is 13. The van der Waals surface area contributed by atoms with E-state index >= 15 is 0 Å². The van der Waals surface area contributed by atoms with Gasteiger partial charge in [-0.25, -0.2) is 4.79 Å². The van der Waals surface area contributed by atoms with Crippen LogP contribution in [0.2, 0.25) is 0 Å². The first-order valence-electron chi connectivity index (χ1n) is 16.2. The molecule has 0 N–H and O–H groups in total. The van der Waals surface area contributed by atoms with Crippen LogP contribution in [-0.2, 0) is 56.2 Å². The number of amides is 1. The SMILES string of the molecule is COC(=O)c1cccc2c1CN(C(=O)c1c(OS(=O)(=O)Cc3ccccc3)cc(OS(=O)(=O)Cc3ccccc3)c(C)c1OCc1ccccc1)C2. The van der Waals surface area contributed by atoms with E-state index < -0.39 is 49.4 Å². The maximum Gasteiger partial charge on any atom is 0.338 e. The van der Waals surface area contributed by atoms with E-state index in [4.69, 9.17) is 17.8 Å². The minimum Gasteiger partial charge on any atom is -0.487 e. The van der Waals surface area contributed by atoms with Crippen molar-refractivity contribution < 1.29 is 44.3 Å². The quantitative estimate of drug-likeness (QED) is 0.0992. The highest BCUT2D eigenvalue weighted by Crippen LogP contribution is 2.43. The van der Waals surface area contributed by atoms with Crippen LogP contribution in [0.15, 0.2) is 115 Å². The summed E-state index contributed by atoms with van der Waals surface area (Å²) in [5, 5.41) is 0. The number of carbonyl (C=O) groups is 2. The zero-order chi connectivity index (χ0) is 36.9. The fourth-order valence-electron chi connectivity index (χ4n) is 5.89. The number of methoxy groups -OCH3 is 1. The van der Waals surface area contributed by atoms with Crippen molar-refractivity contribution in [3.8, 4) is 17.2 Å². The molecule has 5 aromatic rings. The Morgan fingerprint density at radius 2 is 1.21 bits per heavy atom. The van der Waals surface area contributed by atoms with Crippen molar-refractivity contribution in [3.05, 3.63) is 160 Å². The molecule has 5 aromatic carbocycles. The Morgan fingerprint density at radius 1 is 0.673 bits per heavy atom. The summed E-state index contributed by atoms with van der Waals surface area (Å²) < 4.78 is 76.5. The molecule has 268 valence electrons. The maximum atomic E-state index is 14.6. The van der Waals surface area contributed by atoms with Crippen molar-refractivity contribution in [2.45, 2.75) is 38.1 Å². The zero-order valence-corrected chi connectivity index (χ0v) is 30.0. The Balaban J connectivity index is 1.47. The molecule has 0 radical (unpaired) electrons. The monoisotopic (exact) mass is 741 g/mol. The summed E-state index contributed by atoms with van der Waals surface area (Å²) >= 11 is 0. The van der Waals surface area contributed by atoms with Crippen LogP contribution >= 0.6 is 0 Å². The van der Waals surface area contributed by atoms with Crippen LogP contribution in [-0.4, -0.2) is 40.7 Å². The number of esters is 1. The van der Waals surface area contributed by atoms with Gasteiger partial charge < -0.3 is 22.7 Å². The second kappa shape index (κ2) is 15.3. The van der Waals surface area contributed by atoms with Crippen LogP contribution in [0.3, 0.4) is 0 Å². The fourth-order valence-corrected chi connectivity index (χ4v) is 8.06. The van der Waals surface area contributed by atoms with Crippen molar-refractivity contribution in [3.63, 3.8) is 0 Å². The molecule has 1 amide bonds. The summed E-state index contributed by atoms with van der Waals surface area (Å²) in [6, 6.07) is 31.9. The van der Waals surface area contributed by atoms with E-state index in [1.54, 1.807) is 103 Å². The number of nitrogens with zero attached hydrogens (tertiary/aromatic N) is 1. The van der Waals surface area contributed by atoms with E-state index in [2.05, 4.69) is 0 Å². The molecular weight excluding hydrogens is 707 g/mol. The van der Waals surface area contributed by atoms with Crippen LogP contribution in [0.5, 0.6) is 17.2 Å². The molecule has 0 spiro atoms. The lowest BCUT2D eigenvalue weighted by molar-refractivity contribution is 0.0596. The first-order chi connectivity index (χ1) is 24.9. The summed E-state index contributed by atoms with van der Waals surface area (Å²) in [5.41, 5.74) is 3.05. The molecule has 1 heterocycles. The lowest BCUT2D eigenvalue weighted by Crippen LogP contribution is -2.28. The molecule has 0 atom stereocenters. The summed E-state index contributed by atoms with van der Waals surface area (Å²) in [5.74, 6) is -3.16. The average molecular weight is 742 g/mol. The zero-order valence-electron chi connectivity index (χ0n) is 28.4. The number of hydrogen-bond acceptors (Lipinski definition) is 10. The average Bonchev–Trinajstić information content (AvgIpc) is 3.57. The van der Waals surface area contributed by atoms with E-state index in [1.165, 1.54) is 18.9 Å². The summed E-state index contributed by atoms with van der Waals surface area (Å²) in [6.07, 6.45) is 0. The van der Waals surface area contributed by atoms with Gasteiger partial charge in [-0.2, -0.15) is 16.8 Å². The topological polar surface area (TPSA) is 143 Å². The number of carbonyl (C=O) groups excluding carboxylic acids is 2. The van der Waals surface area contributed by atoms with E-state index in [0.29, 0.717) is 27.8 Å². The Bertz CT molecular complexity index is 2310. The van der Waals surface area contributed by atoms with Crippen LogP contribution in [0.25, 0.3) is 0 Å². The minimum atomic E-state index is -4.44. The van der Waals surface area contributed by atoms with Gasteiger partial charge in [0.1, 0.15) is 29.4 Å².